The minimum absolute atomic E-state index is 0.264. The summed E-state index contributed by atoms with van der Waals surface area (Å²) in [6, 6.07) is 17.5. The van der Waals surface area contributed by atoms with Gasteiger partial charge in [-0.1, -0.05) is 30.3 Å². The molecule has 1 heterocycles. The highest BCUT2D eigenvalue weighted by Gasteiger charge is 2.35. The van der Waals surface area contributed by atoms with Crippen LogP contribution in [-0.4, -0.2) is 21.3 Å². The molecule has 2 aromatic carbocycles. The molecule has 0 amide bonds. The summed E-state index contributed by atoms with van der Waals surface area (Å²) in [6.45, 7) is 0. The molecule has 10 heteroatoms. The van der Waals surface area contributed by atoms with Crippen LogP contribution in [0.5, 0.6) is 0 Å². The molecule has 1 aromatic heterocycles. The number of hydrazone groups is 1. The Kier molecular flexibility index (Phi) is 5.32. The van der Waals surface area contributed by atoms with Crippen molar-refractivity contribution in [3.63, 3.8) is 0 Å². The van der Waals surface area contributed by atoms with E-state index in [1.165, 1.54) is 4.68 Å². The first-order valence-electron chi connectivity index (χ1n) is 8.21. The van der Waals surface area contributed by atoms with E-state index in [4.69, 9.17) is 16.4 Å². The Morgan fingerprint density at radius 1 is 1.14 bits per heavy atom. The summed E-state index contributed by atoms with van der Waals surface area (Å²) in [7, 11) is 0. The Balaban J connectivity index is 1.97. The molecular formula is C19H14F3N7. The second-order valence-electron chi connectivity index (χ2n) is 5.83. The third-order valence-electron chi connectivity index (χ3n) is 3.84. The van der Waals surface area contributed by atoms with Gasteiger partial charge in [-0.15, -0.1) is 0 Å². The molecule has 0 bridgehead atoms. The van der Waals surface area contributed by atoms with Gasteiger partial charge in [0.1, 0.15) is 6.07 Å². The maximum atomic E-state index is 13.2. The first kappa shape index (κ1) is 19.6. The van der Waals surface area contributed by atoms with E-state index in [0.717, 1.165) is 6.07 Å². The fourth-order valence-electron chi connectivity index (χ4n) is 2.47. The summed E-state index contributed by atoms with van der Waals surface area (Å²) >= 11 is 0. The van der Waals surface area contributed by atoms with Crippen LogP contribution in [-0.2, 0) is 6.18 Å². The van der Waals surface area contributed by atoms with Gasteiger partial charge in [0.2, 0.25) is 5.71 Å². The van der Waals surface area contributed by atoms with Gasteiger partial charge in [-0.05, 0) is 30.3 Å². The molecule has 3 aromatic rings. The smallest absolute Gasteiger partial charge is 0.382 e. The van der Waals surface area contributed by atoms with Crippen LogP contribution in [0.1, 0.15) is 5.69 Å². The maximum absolute atomic E-state index is 13.2. The van der Waals surface area contributed by atoms with Crippen molar-refractivity contribution in [2.45, 2.75) is 6.18 Å². The molecule has 0 unspecified atom stereocenters. The number of anilines is 1. The lowest BCUT2D eigenvalue weighted by Gasteiger charge is -2.08. The van der Waals surface area contributed by atoms with Crippen LogP contribution in [0.4, 0.5) is 18.9 Å². The molecule has 0 fully saturated rings. The summed E-state index contributed by atoms with van der Waals surface area (Å²) in [6.07, 6.45) is -4.58. The monoisotopic (exact) mass is 397 g/mol. The van der Waals surface area contributed by atoms with Gasteiger partial charge >= 0.3 is 6.18 Å². The minimum Gasteiger partial charge on any atom is -0.382 e. The number of alkyl halides is 3. The van der Waals surface area contributed by atoms with Gasteiger partial charge in [0.15, 0.2) is 11.5 Å². The molecule has 0 saturated heterocycles. The van der Waals surface area contributed by atoms with Gasteiger partial charge in [0.05, 0.1) is 17.1 Å². The van der Waals surface area contributed by atoms with Crippen molar-refractivity contribution in [1.82, 2.24) is 9.78 Å². The third kappa shape index (κ3) is 4.41. The molecule has 3 rings (SSSR count). The SMILES string of the molecule is N#C/C(=N\Nc1ccc(-c2cc(C(F)(F)F)nn2-c2ccccc2)cc1)C(=N)N. The highest BCUT2D eigenvalue weighted by molar-refractivity contribution is 6.45. The van der Waals surface area contributed by atoms with Crippen molar-refractivity contribution in [1.29, 1.82) is 10.7 Å². The van der Waals surface area contributed by atoms with E-state index in [2.05, 4.69) is 15.6 Å². The minimum atomic E-state index is -4.58. The fraction of sp³-hybridized carbons (Fsp3) is 0.0526. The van der Waals surface area contributed by atoms with Crippen LogP contribution in [0.15, 0.2) is 65.8 Å². The Labute approximate surface area is 163 Å². The van der Waals surface area contributed by atoms with E-state index in [1.54, 1.807) is 60.7 Å². The van der Waals surface area contributed by atoms with Crippen molar-refractivity contribution in [2.75, 3.05) is 5.43 Å². The number of nitrogens with one attached hydrogen (secondary N) is 2. The van der Waals surface area contributed by atoms with Crippen LogP contribution in [0, 0.1) is 16.7 Å². The second-order valence-corrected chi connectivity index (χ2v) is 5.83. The quantitative estimate of drug-likeness (QED) is 0.345. The average Bonchev–Trinajstić information content (AvgIpc) is 3.15. The van der Waals surface area contributed by atoms with E-state index in [0.29, 0.717) is 16.9 Å². The Hall–Kier alpha value is -4.13. The summed E-state index contributed by atoms with van der Waals surface area (Å²) in [5.41, 5.74) is 8.22. The van der Waals surface area contributed by atoms with Crippen LogP contribution in [0.25, 0.3) is 16.9 Å². The number of aromatic nitrogens is 2. The maximum Gasteiger partial charge on any atom is 0.435 e. The number of nitrogens with zero attached hydrogens (tertiary/aromatic N) is 4. The van der Waals surface area contributed by atoms with Crippen LogP contribution in [0.2, 0.25) is 0 Å². The van der Waals surface area contributed by atoms with Crippen molar-refractivity contribution in [3.05, 3.63) is 66.4 Å². The molecule has 29 heavy (non-hydrogen) atoms. The highest BCUT2D eigenvalue weighted by atomic mass is 19.4. The lowest BCUT2D eigenvalue weighted by Crippen LogP contribution is -2.21. The molecule has 0 aliphatic rings. The zero-order valence-electron chi connectivity index (χ0n) is 14.8. The molecule has 0 spiro atoms. The van der Waals surface area contributed by atoms with E-state index < -0.39 is 17.7 Å². The first-order valence-corrected chi connectivity index (χ1v) is 8.21. The summed E-state index contributed by atoms with van der Waals surface area (Å²) < 4.78 is 40.8. The average molecular weight is 397 g/mol. The summed E-state index contributed by atoms with van der Waals surface area (Å²) in [5.74, 6) is -0.483. The third-order valence-corrected chi connectivity index (χ3v) is 3.84. The van der Waals surface area contributed by atoms with Crippen molar-refractivity contribution in [2.24, 2.45) is 10.8 Å². The molecule has 0 aliphatic heterocycles. The Morgan fingerprint density at radius 2 is 1.79 bits per heavy atom. The molecule has 0 aliphatic carbocycles. The van der Waals surface area contributed by atoms with Crippen LogP contribution >= 0.6 is 0 Å². The van der Waals surface area contributed by atoms with Gasteiger partial charge in [0.25, 0.3) is 0 Å². The number of hydrogen-bond acceptors (Lipinski definition) is 5. The number of amidine groups is 1. The molecule has 4 N–H and O–H groups in total. The molecule has 0 radical (unpaired) electrons. The molecular weight excluding hydrogens is 383 g/mol. The van der Waals surface area contributed by atoms with Gasteiger partial charge in [0, 0.05) is 5.56 Å². The first-order chi connectivity index (χ1) is 13.8. The number of nitriles is 1. The van der Waals surface area contributed by atoms with Crippen molar-refractivity contribution in [3.8, 4) is 23.0 Å². The molecule has 0 saturated carbocycles. The number of hydrogen-bond donors (Lipinski definition) is 3. The standard InChI is InChI=1S/C19H14F3N7/c20-19(21,22)17-10-16(29(28-17)14-4-2-1-3-5-14)12-6-8-13(9-7-12)26-27-15(11-23)18(24)25/h1-10,26H,(H3,24,25)/b27-15+. The van der Waals surface area contributed by atoms with Gasteiger partial charge in [-0.25, -0.2) is 4.68 Å². The molecule has 7 nitrogen and oxygen atoms in total. The zero-order chi connectivity index (χ0) is 21.0. The summed E-state index contributed by atoms with van der Waals surface area (Å²) in [5, 5.41) is 23.5. The predicted octanol–water partition coefficient (Wildman–Crippen LogP) is 3.79. The topological polar surface area (TPSA) is 116 Å². The number of rotatable bonds is 5. The highest BCUT2D eigenvalue weighted by Crippen LogP contribution is 2.33. The molecule has 0 atom stereocenters. The predicted molar refractivity (Wildman–Crippen MR) is 103 cm³/mol. The van der Waals surface area contributed by atoms with Gasteiger partial charge < -0.3 is 5.73 Å². The lowest BCUT2D eigenvalue weighted by atomic mass is 10.1. The van der Waals surface area contributed by atoms with Gasteiger partial charge in [-0.3, -0.25) is 10.8 Å². The zero-order valence-corrected chi connectivity index (χ0v) is 14.8. The van der Waals surface area contributed by atoms with Crippen molar-refractivity contribution >= 4 is 17.2 Å². The molecule has 146 valence electrons. The number of nitrogens with two attached hydrogens (primary N) is 1. The second kappa shape index (κ2) is 7.85. The Morgan fingerprint density at radius 3 is 2.34 bits per heavy atom. The van der Waals surface area contributed by atoms with E-state index in [-0.39, 0.29) is 11.4 Å². The number of halogens is 3. The lowest BCUT2D eigenvalue weighted by molar-refractivity contribution is -0.141. The largest absolute Gasteiger partial charge is 0.435 e. The van der Waals surface area contributed by atoms with E-state index in [9.17, 15) is 13.2 Å². The Bertz CT molecular complexity index is 1090. The van der Waals surface area contributed by atoms with Crippen molar-refractivity contribution < 1.29 is 13.2 Å². The van der Waals surface area contributed by atoms with Gasteiger partial charge in [-0.2, -0.15) is 28.6 Å². The van der Waals surface area contributed by atoms with Crippen LogP contribution < -0.4 is 11.2 Å². The number of para-hydroxylation sites is 1. The van der Waals surface area contributed by atoms with E-state index in [1.807, 2.05) is 0 Å². The van der Waals surface area contributed by atoms with Crippen LogP contribution in [0.3, 0.4) is 0 Å². The van der Waals surface area contributed by atoms with E-state index >= 15 is 0 Å². The summed E-state index contributed by atoms with van der Waals surface area (Å²) in [4.78, 5) is 0. The fourth-order valence-corrected chi connectivity index (χ4v) is 2.47. The normalized spacial score (nSPS) is 11.7. The number of benzene rings is 2.